The first-order valence-electron chi connectivity index (χ1n) is 4.89. The molecule has 0 spiro atoms. The van der Waals surface area contributed by atoms with Gasteiger partial charge in [-0.25, -0.2) is 4.39 Å². The van der Waals surface area contributed by atoms with Crippen LogP contribution in [0.25, 0.3) is 0 Å². The van der Waals surface area contributed by atoms with Gasteiger partial charge in [-0.05, 0) is 18.6 Å². The lowest BCUT2D eigenvalue weighted by molar-refractivity contribution is 0.316. The minimum absolute atomic E-state index is 0.156. The van der Waals surface area contributed by atoms with E-state index in [1.54, 1.807) is 0 Å². The molecular formula is C10H12Cl2FN3O. The Balaban J connectivity index is 2.52. The van der Waals surface area contributed by atoms with Gasteiger partial charge in [-0.3, -0.25) is 0 Å². The summed E-state index contributed by atoms with van der Waals surface area (Å²) < 4.78 is 12.9. The molecule has 0 heterocycles. The third kappa shape index (κ3) is 4.28. The normalized spacial score (nSPS) is 11.6. The molecule has 4 nitrogen and oxygen atoms in total. The molecule has 0 saturated heterocycles. The molecule has 0 atom stereocenters. The molecule has 1 rings (SSSR count). The van der Waals surface area contributed by atoms with Crippen LogP contribution in [0.3, 0.4) is 0 Å². The molecule has 7 heteroatoms. The molecule has 94 valence electrons. The maximum Gasteiger partial charge on any atom is 0.139 e. The number of anilines is 1. The monoisotopic (exact) mass is 279 g/mol. The quantitative estimate of drug-likeness (QED) is 0.255. The van der Waals surface area contributed by atoms with E-state index in [1.165, 1.54) is 12.1 Å². The molecule has 0 aliphatic rings. The van der Waals surface area contributed by atoms with Crippen LogP contribution >= 0.6 is 23.2 Å². The summed E-state index contributed by atoms with van der Waals surface area (Å²) in [6, 6.07) is 2.36. The fourth-order valence-corrected chi connectivity index (χ4v) is 1.84. The Bertz CT molecular complexity index is 403. The fourth-order valence-electron chi connectivity index (χ4n) is 1.24. The molecule has 4 N–H and O–H groups in total. The van der Waals surface area contributed by atoms with Gasteiger partial charge in [0.1, 0.15) is 11.7 Å². The first-order chi connectivity index (χ1) is 8.04. The number of hydrogen-bond acceptors (Lipinski definition) is 3. The highest BCUT2D eigenvalue weighted by molar-refractivity contribution is 6.39. The molecular weight excluding hydrogens is 268 g/mol. The number of nitrogens with two attached hydrogens (primary N) is 1. The van der Waals surface area contributed by atoms with E-state index in [1.807, 2.05) is 0 Å². The largest absolute Gasteiger partial charge is 0.409 e. The number of nitrogens with one attached hydrogen (secondary N) is 1. The lowest BCUT2D eigenvalue weighted by Gasteiger charge is -2.10. The maximum absolute atomic E-state index is 12.9. The summed E-state index contributed by atoms with van der Waals surface area (Å²) in [5, 5.41) is 14.6. The first kappa shape index (κ1) is 13.9. The Morgan fingerprint density at radius 1 is 1.41 bits per heavy atom. The summed E-state index contributed by atoms with van der Waals surface area (Å²) in [7, 11) is 0. The first-order valence-corrected chi connectivity index (χ1v) is 5.65. The van der Waals surface area contributed by atoms with Crippen LogP contribution in [0, 0.1) is 5.82 Å². The van der Waals surface area contributed by atoms with E-state index in [0.29, 0.717) is 25.1 Å². The van der Waals surface area contributed by atoms with Crippen LogP contribution in [0.15, 0.2) is 17.3 Å². The summed E-state index contributed by atoms with van der Waals surface area (Å²) in [6.07, 6.45) is 1.08. The van der Waals surface area contributed by atoms with Crippen LogP contribution in [-0.4, -0.2) is 17.6 Å². The van der Waals surface area contributed by atoms with Crippen molar-refractivity contribution in [3.05, 3.63) is 28.0 Å². The number of hydrogen-bond donors (Lipinski definition) is 3. The number of amidine groups is 1. The van der Waals surface area contributed by atoms with Gasteiger partial charge in [0.05, 0.1) is 15.7 Å². The second-order valence-electron chi connectivity index (χ2n) is 3.37. The molecule has 0 radical (unpaired) electrons. The predicted molar refractivity (Wildman–Crippen MR) is 67.6 cm³/mol. The zero-order valence-electron chi connectivity index (χ0n) is 8.88. The summed E-state index contributed by atoms with van der Waals surface area (Å²) >= 11 is 11.7. The molecule has 0 aromatic heterocycles. The Hall–Kier alpha value is -1.20. The lowest BCUT2D eigenvalue weighted by atomic mass is 10.2. The molecule has 0 amide bonds. The van der Waals surface area contributed by atoms with Crippen LogP contribution in [0.2, 0.25) is 10.0 Å². The van der Waals surface area contributed by atoms with Gasteiger partial charge in [0, 0.05) is 13.0 Å². The van der Waals surface area contributed by atoms with Gasteiger partial charge in [0.25, 0.3) is 0 Å². The topological polar surface area (TPSA) is 70.6 Å². The predicted octanol–water partition coefficient (Wildman–Crippen LogP) is 3.07. The minimum atomic E-state index is -0.484. The zero-order valence-corrected chi connectivity index (χ0v) is 10.4. The number of benzene rings is 1. The van der Waals surface area contributed by atoms with E-state index in [9.17, 15) is 4.39 Å². The molecule has 0 unspecified atom stereocenters. The van der Waals surface area contributed by atoms with Gasteiger partial charge < -0.3 is 16.3 Å². The van der Waals surface area contributed by atoms with E-state index >= 15 is 0 Å². The van der Waals surface area contributed by atoms with Crippen LogP contribution in [0.1, 0.15) is 12.8 Å². The highest BCUT2D eigenvalue weighted by Gasteiger charge is 2.07. The van der Waals surface area contributed by atoms with Gasteiger partial charge in [0.2, 0.25) is 0 Å². The van der Waals surface area contributed by atoms with Crippen molar-refractivity contribution < 1.29 is 9.60 Å². The van der Waals surface area contributed by atoms with Crippen molar-refractivity contribution in [2.45, 2.75) is 12.8 Å². The van der Waals surface area contributed by atoms with Crippen molar-refractivity contribution >= 4 is 34.7 Å². The zero-order chi connectivity index (χ0) is 12.8. The van der Waals surface area contributed by atoms with Crippen molar-refractivity contribution in [2.24, 2.45) is 10.9 Å². The van der Waals surface area contributed by atoms with Crippen molar-refractivity contribution in [1.82, 2.24) is 0 Å². The third-order valence-electron chi connectivity index (χ3n) is 2.05. The summed E-state index contributed by atoms with van der Waals surface area (Å²) in [5.41, 5.74) is 5.78. The second-order valence-corrected chi connectivity index (χ2v) is 4.18. The van der Waals surface area contributed by atoms with Crippen molar-refractivity contribution in [3.63, 3.8) is 0 Å². The van der Waals surface area contributed by atoms with E-state index < -0.39 is 5.82 Å². The van der Waals surface area contributed by atoms with Gasteiger partial charge in [-0.1, -0.05) is 28.4 Å². The Morgan fingerprint density at radius 3 is 2.53 bits per heavy atom. The summed E-state index contributed by atoms with van der Waals surface area (Å²) in [5.74, 6) is -0.328. The van der Waals surface area contributed by atoms with Gasteiger partial charge in [-0.2, -0.15) is 0 Å². The van der Waals surface area contributed by atoms with Crippen LogP contribution in [0.5, 0.6) is 0 Å². The Labute approximate surface area is 108 Å². The number of halogens is 3. The molecule has 0 fully saturated rings. The highest BCUT2D eigenvalue weighted by Crippen LogP contribution is 2.31. The molecule has 17 heavy (non-hydrogen) atoms. The molecule has 1 aromatic carbocycles. The Morgan fingerprint density at radius 2 is 2.00 bits per heavy atom. The van der Waals surface area contributed by atoms with Crippen molar-refractivity contribution in [2.75, 3.05) is 11.9 Å². The van der Waals surface area contributed by atoms with Crippen LogP contribution in [-0.2, 0) is 0 Å². The van der Waals surface area contributed by atoms with Gasteiger partial charge in [0.15, 0.2) is 0 Å². The standard InChI is InChI=1S/C10H12Cl2FN3O/c11-7-4-6(13)5-8(12)10(7)15-3-1-2-9(14)16-17/h4-5,15,17H,1-3H2,(H2,14,16). The number of oxime groups is 1. The maximum atomic E-state index is 12.9. The smallest absolute Gasteiger partial charge is 0.139 e. The van der Waals surface area contributed by atoms with Crippen molar-refractivity contribution in [3.8, 4) is 0 Å². The lowest BCUT2D eigenvalue weighted by Crippen LogP contribution is -2.13. The summed E-state index contributed by atoms with van der Waals surface area (Å²) in [6.45, 7) is 0.529. The van der Waals surface area contributed by atoms with E-state index in [4.69, 9.17) is 34.1 Å². The summed E-state index contributed by atoms with van der Waals surface area (Å²) in [4.78, 5) is 0. The number of nitrogens with zero attached hydrogens (tertiary/aromatic N) is 1. The van der Waals surface area contributed by atoms with Gasteiger partial charge in [-0.15, -0.1) is 0 Å². The number of rotatable bonds is 5. The minimum Gasteiger partial charge on any atom is -0.409 e. The molecule has 0 saturated carbocycles. The molecule has 0 bridgehead atoms. The second kappa shape index (κ2) is 6.51. The van der Waals surface area contributed by atoms with Crippen LogP contribution in [0.4, 0.5) is 10.1 Å². The average molecular weight is 280 g/mol. The van der Waals surface area contributed by atoms with Crippen molar-refractivity contribution in [1.29, 1.82) is 0 Å². The third-order valence-corrected chi connectivity index (χ3v) is 2.64. The van der Waals surface area contributed by atoms with E-state index in [-0.39, 0.29) is 15.9 Å². The molecule has 1 aromatic rings. The van der Waals surface area contributed by atoms with Gasteiger partial charge >= 0.3 is 0 Å². The SMILES string of the molecule is NC(CCCNc1c(Cl)cc(F)cc1Cl)=NO. The average Bonchev–Trinajstić information content (AvgIpc) is 2.26. The molecule has 0 aliphatic heterocycles. The van der Waals surface area contributed by atoms with Crippen LogP contribution < -0.4 is 11.1 Å². The van der Waals surface area contributed by atoms with E-state index in [2.05, 4.69) is 10.5 Å². The molecule has 0 aliphatic carbocycles. The Kier molecular flexibility index (Phi) is 5.31. The highest BCUT2D eigenvalue weighted by atomic mass is 35.5. The van der Waals surface area contributed by atoms with E-state index in [0.717, 1.165) is 0 Å². The fraction of sp³-hybridized carbons (Fsp3) is 0.300.